The van der Waals surface area contributed by atoms with Crippen LogP contribution < -0.4 is 10.6 Å². The van der Waals surface area contributed by atoms with E-state index in [0.717, 1.165) is 25.0 Å². The van der Waals surface area contributed by atoms with Crippen LogP contribution >= 0.6 is 0 Å². The minimum absolute atomic E-state index is 0.0153. The Hall–Kier alpha value is -2.04. The van der Waals surface area contributed by atoms with Gasteiger partial charge in [0.25, 0.3) is 0 Å². The highest BCUT2D eigenvalue weighted by Crippen LogP contribution is 2.27. The number of hydrogen-bond acceptors (Lipinski definition) is 5. The Morgan fingerprint density at radius 3 is 2.37 bits per heavy atom. The van der Waals surface area contributed by atoms with Crippen molar-refractivity contribution in [3.8, 4) is 0 Å². The topological polar surface area (TPSA) is 116 Å². The van der Waals surface area contributed by atoms with E-state index in [1.165, 1.54) is 16.4 Å². The van der Waals surface area contributed by atoms with Crippen LogP contribution in [0.4, 0.5) is 4.39 Å². The first-order chi connectivity index (χ1) is 12.9. The standard InChI is InChI=1S/C17H24FN3O5S/c18-13-4-6-15(7-5-13)27(25,26)21-11-2-1-3-14(21)8-9-19-16(23)17(24)20-10-12-22/h4-7,14,22H,1-3,8-12H2,(H,19,23)(H,20,24)/t14-/m1/s1. The second-order valence-corrected chi connectivity index (χ2v) is 8.13. The zero-order valence-corrected chi connectivity index (χ0v) is 15.7. The normalized spacial score (nSPS) is 18.1. The first-order valence-corrected chi connectivity index (χ1v) is 10.2. The van der Waals surface area contributed by atoms with Gasteiger partial charge in [-0.3, -0.25) is 9.59 Å². The molecule has 2 amide bonds. The Bertz CT molecular complexity index is 754. The molecule has 1 aromatic carbocycles. The Morgan fingerprint density at radius 1 is 1.11 bits per heavy atom. The van der Waals surface area contributed by atoms with Crippen molar-refractivity contribution in [3.63, 3.8) is 0 Å². The van der Waals surface area contributed by atoms with E-state index in [4.69, 9.17) is 5.11 Å². The van der Waals surface area contributed by atoms with E-state index < -0.39 is 27.7 Å². The summed E-state index contributed by atoms with van der Waals surface area (Å²) in [5, 5.41) is 13.3. The third-order valence-corrected chi connectivity index (χ3v) is 6.33. The molecule has 1 aliphatic rings. The van der Waals surface area contributed by atoms with Crippen molar-refractivity contribution in [2.24, 2.45) is 0 Å². The zero-order valence-electron chi connectivity index (χ0n) is 14.9. The summed E-state index contributed by atoms with van der Waals surface area (Å²) in [6.45, 7) is 0.219. The average molecular weight is 401 g/mol. The van der Waals surface area contributed by atoms with Crippen molar-refractivity contribution in [1.82, 2.24) is 14.9 Å². The van der Waals surface area contributed by atoms with Crippen molar-refractivity contribution >= 4 is 21.8 Å². The second kappa shape index (κ2) is 9.77. The molecule has 150 valence electrons. The Labute approximate surface area is 157 Å². The van der Waals surface area contributed by atoms with E-state index >= 15 is 0 Å². The monoisotopic (exact) mass is 401 g/mol. The molecule has 2 rings (SSSR count). The van der Waals surface area contributed by atoms with Crippen molar-refractivity contribution in [3.05, 3.63) is 30.1 Å². The smallest absolute Gasteiger partial charge is 0.309 e. The lowest BCUT2D eigenvalue weighted by Crippen LogP contribution is -2.46. The fraction of sp³-hybridized carbons (Fsp3) is 0.529. The molecule has 0 spiro atoms. The van der Waals surface area contributed by atoms with Crippen LogP contribution in [-0.2, 0) is 19.6 Å². The van der Waals surface area contributed by atoms with Crippen LogP contribution in [0.5, 0.6) is 0 Å². The minimum atomic E-state index is -3.76. The first kappa shape index (κ1) is 21.3. The van der Waals surface area contributed by atoms with Gasteiger partial charge in [-0.2, -0.15) is 4.31 Å². The molecular formula is C17H24FN3O5S. The van der Waals surface area contributed by atoms with Crippen molar-refractivity contribution < 1.29 is 27.5 Å². The zero-order chi connectivity index (χ0) is 19.9. The third kappa shape index (κ3) is 5.72. The summed E-state index contributed by atoms with van der Waals surface area (Å²) in [5.41, 5.74) is 0. The lowest BCUT2D eigenvalue weighted by molar-refractivity contribution is -0.139. The van der Waals surface area contributed by atoms with Gasteiger partial charge in [-0.05, 0) is 43.5 Å². The number of aliphatic hydroxyl groups excluding tert-OH is 1. The van der Waals surface area contributed by atoms with E-state index in [-0.39, 0.29) is 30.6 Å². The summed E-state index contributed by atoms with van der Waals surface area (Å²) >= 11 is 0. The fourth-order valence-corrected chi connectivity index (χ4v) is 4.73. The number of hydrogen-bond donors (Lipinski definition) is 3. The summed E-state index contributed by atoms with van der Waals surface area (Å²) < 4.78 is 40.2. The fourth-order valence-electron chi connectivity index (χ4n) is 3.00. The molecule has 1 aliphatic heterocycles. The van der Waals surface area contributed by atoms with Gasteiger partial charge in [0.05, 0.1) is 11.5 Å². The van der Waals surface area contributed by atoms with Gasteiger partial charge in [-0.25, -0.2) is 12.8 Å². The molecule has 0 saturated carbocycles. The maximum Gasteiger partial charge on any atom is 0.309 e. The maximum absolute atomic E-state index is 13.1. The minimum Gasteiger partial charge on any atom is -0.395 e. The van der Waals surface area contributed by atoms with Crippen molar-refractivity contribution in [2.75, 3.05) is 26.2 Å². The van der Waals surface area contributed by atoms with Gasteiger partial charge in [0.1, 0.15) is 5.82 Å². The lowest BCUT2D eigenvalue weighted by Gasteiger charge is -2.34. The number of carbonyl (C=O) groups is 2. The molecule has 1 fully saturated rings. The average Bonchev–Trinajstić information content (AvgIpc) is 2.66. The van der Waals surface area contributed by atoms with Crippen LogP contribution in [0, 0.1) is 5.82 Å². The van der Waals surface area contributed by atoms with Gasteiger partial charge in [0, 0.05) is 25.7 Å². The van der Waals surface area contributed by atoms with Crippen LogP contribution in [0.1, 0.15) is 25.7 Å². The molecule has 3 N–H and O–H groups in total. The highest BCUT2D eigenvalue weighted by atomic mass is 32.2. The number of nitrogens with zero attached hydrogens (tertiary/aromatic N) is 1. The molecule has 0 unspecified atom stereocenters. The van der Waals surface area contributed by atoms with Crippen molar-refractivity contribution in [1.29, 1.82) is 0 Å². The largest absolute Gasteiger partial charge is 0.395 e. The summed E-state index contributed by atoms with van der Waals surface area (Å²) in [6, 6.07) is 4.39. The third-order valence-electron chi connectivity index (χ3n) is 4.36. The van der Waals surface area contributed by atoms with E-state index in [0.29, 0.717) is 19.4 Å². The first-order valence-electron chi connectivity index (χ1n) is 8.80. The molecule has 0 bridgehead atoms. The maximum atomic E-state index is 13.1. The predicted molar refractivity (Wildman–Crippen MR) is 95.7 cm³/mol. The lowest BCUT2D eigenvalue weighted by atomic mass is 10.0. The number of nitrogens with one attached hydrogen (secondary N) is 2. The van der Waals surface area contributed by atoms with Crippen LogP contribution in [0.3, 0.4) is 0 Å². The van der Waals surface area contributed by atoms with E-state index in [2.05, 4.69) is 10.6 Å². The summed E-state index contributed by atoms with van der Waals surface area (Å²) in [7, 11) is -3.76. The molecule has 1 heterocycles. The van der Waals surface area contributed by atoms with E-state index in [1.54, 1.807) is 0 Å². The summed E-state index contributed by atoms with van der Waals surface area (Å²) in [5.74, 6) is -2.18. The Balaban J connectivity index is 1.97. The summed E-state index contributed by atoms with van der Waals surface area (Å²) in [4.78, 5) is 23.1. The molecular weight excluding hydrogens is 377 g/mol. The number of sulfonamides is 1. The van der Waals surface area contributed by atoms with Crippen LogP contribution in [-0.4, -0.2) is 61.9 Å². The quantitative estimate of drug-likeness (QED) is 0.556. The molecule has 1 aromatic rings. The Morgan fingerprint density at radius 2 is 1.74 bits per heavy atom. The molecule has 0 aliphatic carbocycles. The highest BCUT2D eigenvalue weighted by Gasteiger charge is 2.33. The molecule has 27 heavy (non-hydrogen) atoms. The number of halogens is 1. The predicted octanol–water partition coefficient (Wildman–Crippen LogP) is -0.0163. The van der Waals surface area contributed by atoms with Crippen LogP contribution in [0.2, 0.25) is 0 Å². The van der Waals surface area contributed by atoms with Gasteiger partial charge >= 0.3 is 11.8 Å². The van der Waals surface area contributed by atoms with Gasteiger partial charge in [0.2, 0.25) is 10.0 Å². The van der Waals surface area contributed by atoms with Gasteiger partial charge in [0.15, 0.2) is 0 Å². The molecule has 1 atom stereocenters. The van der Waals surface area contributed by atoms with Crippen LogP contribution in [0.15, 0.2) is 29.2 Å². The van der Waals surface area contributed by atoms with Crippen LogP contribution in [0.25, 0.3) is 0 Å². The molecule has 8 nitrogen and oxygen atoms in total. The second-order valence-electron chi connectivity index (χ2n) is 6.24. The Kier molecular flexibility index (Phi) is 7.69. The number of benzene rings is 1. The van der Waals surface area contributed by atoms with Crippen molar-refractivity contribution in [2.45, 2.75) is 36.6 Å². The molecule has 10 heteroatoms. The van der Waals surface area contributed by atoms with Gasteiger partial charge in [-0.1, -0.05) is 6.42 Å². The number of piperidine rings is 1. The van der Waals surface area contributed by atoms with E-state index in [1.807, 2.05) is 0 Å². The highest BCUT2D eigenvalue weighted by molar-refractivity contribution is 7.89. The molecule has 0 radical (unpaired) electrons. The number of carbonyl (C=O) groups excluding carboxylic acids is 2. The number of amides is 2. The molecule has 1 saturated heterocycles. The molecule has 0 aromatic heterocycles. The SMILES string of the molecule is O=C(NCCO)C(=O)NCC[C@H]1CCCCN1S(=O)(=O)c1ccc(F)cc1. The number of aliphatic hydroxyl groups is 1. The van der Waals surface area contributed by atoms with Gasteiger partial charge in [-0.15, -0.1) is 0 Å². The number of rotatable bonds is 7. The van der Waals surface area contributed by atoms with Gasteiger partial charge < -0.3 is 15.7 Å². The summed E-state index contributed by atoms with van der Waals surface area (Å²) in [6.07, 6.45) is 2.60. The van der Waals surface area contributed by atoms with E-state index in [9.17, 15) is 22.4 Å².